The highest BCUT2D eigenvalue weighted by molar-refractivity contribution is 5.81. The fourth-order valence-electron chi connectivity index (χ4n) is 2.01. The van der Waals surface area contributed by atoms with E-state index in [1.165, 1.54) is 23.7 Å². The Hall–Kier alpha value is -1.75. The molecule has 1 saturated carbocycles. The number of aromatic nitrogens is 1. The summed E-state index contributed by atoms with van der Waals surface area (Å²) in [5, 5.41) is 9.98. The van der Waals surface area contributed by atoms with Crippen LogP contribution in [0, 0.1) is 17.2 Å². The Morgan fingerprint density at radius 3 is 2.93 bits per heavy atom. The minimum atomic E-state index is 0.742. The maximum Gasteiger partial charge on any atom is 0.0991 e. The molecule has 2 aromatic rings. The number of rotatable bonds is 2. The predicted octanol–water partition coefficient (Wildman–Crippen LogP) is 2.92. The summed E-state index contributed by atoms with van der Waals surface area (Å²) in [4.78, 5) is 0. The average molecular weight is 196 g/mol. The van der Waals surface area contributed by atoms with E-state index in [1.807, 2.05) is 12.1 Å². The molecule has 0 saturated heterocycles. The second kappa shape index (κ2) is 3.13. The molecule has 1 aromatic heterocycles. The molecule has 3 rings (SSSR count). The molecule has 0 bridgehead atoms. The summed E-state index contributed by atoms with van der Waals surface area (Å²) >= 11 is 0. The second-order valence-corrected chi connectivity index (χ2v) is 4.30. The van der Waals surface area contributed by atoms with E-state index < -0.39 is 0 Å². The van der Waals surface area contributed by atoms with Crippen LogP contribution >= 0.6 is 0 Å². The topological polar surface area (TPSA) is 28.7 Å². The number of hydrogen-bond acceptors (Lipinski definition) is 1. The Morgan fingerprint density at radius 1 is 1.33 bits per heavy atom. The molecule has 0 unspecified atom stereocenters. The molecular weight excluding hydrogens is 184 g/mol. The zero-order valence-electron chi connectivity index (χ0n) is 8.48. The van der Waals surface area contributed by atoms with E-state index in [0.717, 1.165) is 18.0 Å². The first-order valence-corrected chi connectivity index (χ1v) is 5.36. The van der Waals surface area contributed by atoms with E-state index in [1.54, 1.807) is 0 Å². The molecule has 15 heavy (non-hydrogen) atoms. The van der Waals surface area contributed by atoms with Gasteiger partial charge in [-0.15, -0.1) is 0 Å². The Balaban J connectivity index is 2.06. The summed E-state index contributed by atoms with van der Waals surface area (Å²) < 4.78 is 2.30. The van der Waals surface area contributed by atoms with Gasteiger partial charge in [0.05, 0.1) is 11.6 Å². The van der Waals surface area contributed by atoms with Crippen LogP contribution in [0.4, 0.5) is 0 Å². The Labute approximate surface area is 88.7 Å². The van der Waals surface area contributed by atoms with Crippen LogP contribution in [0.1, 0.15) is 18.4 Å². The molecule has 1 aliphatic rings. The van der Waals surface area contributed by atoms with Crippen molar-refractivity contribution >= 4 is 10.9 Å². The van der Waals surface area contributed by atoms with Gasteiger partial charge in [0, 0.05) is 23.6 Å². The lowest BCUT2D eigenvalue weighted by molar-refractivity contribution is 0.647. The monoisotopic (exact) mass is 196 g/mol. The van der Waals surface area contributed by atoms with Crippen LogP contribution in [0.2, 0.25) is 0 Å². The molecule has 2 heteroatoms. The van der Waals surface area contributed by atoms with Crippen molar-refractivity contribution in [1.29, 1.82) is 5.26 Å². The first kappa shape index (κ1) is 8.55. The van der Waals surface area contributed by atoms with Gasteiger partial charge in [0.1, 0.15) is 0 Å². The molecule has 1 aliphatic carbocycles. The number of fused-ring (bicyclic) bond motifs is 1. The van der Waals surface area contributed by atoms with Gasteiger partial charge < -0.3 is 4.57 Å². The summed E-state index contributed by atoms with van der Waals surface area (Å²) in [6.07, 6.45) is 4.87. The molecular formula is C13H12N2. The molecule has 0 amide bonds. The summed E-state index contributed by atoms with van der Waals surface area (Å²) in [7, 11) is 0. The molecule has 1 aromatic carbocycles. The van der Waals surface area contributed by atoms with Crippen molar-refractivity contribution in [1.82, 2.24) is 4.57 Å². The molecule has 2 nitrogen and oxygen atoms in total. The van der Waals surface area contributed by atoms with Crippen LogP contribution in [0.15, 0.2) is 30.5 Å². The van der Waals surface area contributed by atoms with Gasteiger partial charge in [0.25, 0.3) is 0 Å². The Kier molecular flexibility index (Phi) is 1.78. The first-order chi connectivity index (χ1) is 7.36. The highest BCUT2D eigenvalue weighted by Crippen LogP contribution is 2.32. The van der Waals surface area contributed by atoms with Crippen LogP contribution in [0.5, 0.6) is 0 Å². The number of hydrogen-bond donors (Lipinski definition) is 0. The van der Waals surface area contributed by atoms with E-state index in [0.29, 0.717) is 0 Å². The predicted molar refractivity (Wildman–Crippen MR) is 59.4 cm³/mol. The molecule has 0 N–H and O–H groups in total. The van der Waals surface area contributed by atoms with Crippen molar-refractivity contribution < 1.29 is 0 Å². The molecule has 0 spiro atoms. The number of nitrogens with zero attached hydrogens (tertiary/aromatic N) is 2. The summed E-state index contributed by atoms with van der Waals surface area (Å²) in [5.74, 6) is 0.885. The normalized spacial score (nSPS) is 15.4. The molecule has 0 radical (unpaired) electrons. The number of nitriles is 1. The highest BCUT2D eigenvalue weighted by atomic mass is 15.0. The lowest BCUT2D eigenvalue weighted by Crippen LogP contribution is -1.96. The number of benzene rings is 1. The van der Waals surface area contributed by atoms with Crippen LogP contribution < -0.4 is 0 Å². The minimum absolute atomic E-state index is 0.742. The van der Waals surface area contributed by atoms with Gasteiger partial charge >= 0.3 is 0 Å². The largest absolute Gasteiger partial charge is 0.347 e. The van der Waals surface area contributed by atoms with Gasteiger partial charge in [-0.2, -0.15) is 5.26 Å². The van der Waals surface area contributed by atoms with Crippen LogP contribution in [-0.4, -0.2) is 4.57 Å². The third kappa shape index (κ3) is 1.50. The van der Waals surface area contributed by atoms with Crippen molar-refractivity contribution in [2.45, 2.75) is 19.4 Å². The van der Waals surface area contributed by atoms with E-state index in [4.69, 9.17) is 5.26 Å². The Bertz CT molecular complexity index is 541. The van der Waals surface area contributed by atoms with Crippen LogP contribution in [-0.2, 0) is 6.54 Å². The molecule has 1 heterocycles. The van der Waals surface area contributed by atoms with Gasteiger partial charge in [0.2, 0.25) is 0 Å². The molecule has 1 fully saturated rings. The lowest BCUT2D eigenvalue weighted by atomic mass is 10.2. The third-order valence-corrected chi connectivity index (χ3v) is 3.05. The summed E-state index contributed by atoms with van der Waals surface area (Å²) in [5.41, 5.74) is 1.99. The maximum absolute atomic E-state index is 8.80. The van der Waals surface area contributed by atoms with Gasteiger partial charge in [-0.1, -0.05) is 0 Å². The maximum atomic E-state index is 8.80. The first-order valence-electron chi connectivity index (χ1n) is 5.36. The van der Waals surface area contributed by atoms with Gasteiger partial charge in [-0.25, -0.2) is 0 Å². The van der Waals surface area contributed by atoms with Crippen molar-refractivity contribution in [3.63, 3.8) is 0 Å². The van der Waals surface area contributed by atoms with E-state index in [9.17, 15) is 0 Å². The molecule has 74 valence electrons. The van der Waals surface area contributed by atoms with Gasteiger partial charge in [0.15, 0.2) is 0 Å². The van der Waals surface area contributed by atoms with Crippen molar-refractivity contribution in [3.8, 4) is 6.07 Å². The Morgan fingerprint density at radius 2 is 2.20 bits per heavy atom. The SMILES string of the molecule is N#Cc1ccc2c(ccn2CC2CC2)c1. The standard InChI is InChI=1S/C13H12N2/c14-8-11-3-4-13-12(7-11)5-6-15(13)9-10-1-2-10/h3-7,10H,1-2,9H2. The zero-order valence-corrected chi connectivity index (χ0v) is 8.48. The fourth-order valence-corrected chi connectivity index (χ4v) is 2.01. The molecule has 0 aliphatic heterocycles. The van der Waals surface area contributed by atoms with Gasteiger partial charge in [-0.05, 0) is 43.0 Å². The van der Waals surface area contributed by atoms with E-state index in [-0.39, 0.29) is 0 Å². The molecule has 0 atom stereocenters. The fraction of sp³-hybridized carbons (Fsp3) is 0.308. The smallest absolute Gasteiger partial charge is 0.0991 e. The third-order valence-electron chi connectivity index (χ3n) is 3.05. The minimum Gasteiger partial charge on any atom is -0.347 e. The van der Waals surface area contributed by atoms with E-state index >= 15 is 0 Å². The van der Waals surface area contributed by atoms with Crippen molar-refractivity contribution in [3.05, 3.63) is 36.0 Å². The second-order valence-electron chi connectivity index (χ2n) is 4.30. The zero-order chi connectivity index (χ0) is 10.3. The van der Waals surface area contributed by atoms with Crippen LogP contribution in [0.3, 0.4) is 0 Å². The quantitative estimate of drug-likeness (QED) is 0.726. The average Bonchev–Trinajstić information content (AvgIpc) is 2.99. The van der Waals surface area contributed by atoms with Crippen molar-refractivity contribution in [2.75, 3.05) is 0 Å². The summed E-state index contributed by atoms with van der Waals surface area (Å²) in [6.45, 7) is 1.13. The van der Waals surface area contributed by atoms with Crippen LogP contribution in [0.25, 0.3) is 10.9 Å². The van der Waals surface area contributed by atoms with Gasteiger partial charge in [-0.3, -0.25) is 0 Å². The van der Waals surface area contributed by atoms with E-state index in [2.05, 4.69) is 29.0 Å². The highest BCUT2D eigenvalue weighted by Gasteiger charge is 2.21. The lowest BCUT2D eigenvalue weighted by Gasteiger charge is -2.03. The summed E-state index contributed by atoms with van der Waals surface area (Å²) in [6, 6.07) is 10.2. The van der Waals surface area contributed by atoms with Crippen molar-refractivity contribution in [2.24, 2.45) is 5.92 Å².